The highest BCUT2D eigenvalue weighted by atomic mass is 16.5. The van der Waals surface area contributed by atoms with Gasteiger partial charge in [0.2, 0.25) is 0 Å². The highest BCUT2D eigenvalue weighted by Crippen LogP contribution is 2.13. The van der Waals surface area contributed by atoms with Gasteiger partial charge in [-0.2, -0.15) is 5.10 Å². The molecule has 1 aromatic rings. The Kier molecular flexibility index (Phi) is 5.51. The van der Waals surface area contributed by atoms with Crippen molar-refractivity contribution >= 4 is 0 Å². The van der Waals surface area contributed by atoms with Crippen LogP contribution in [0.3, 0.4) is 0 Å². The highest BCUT2D eigenvalue weighted by molar-refractivity contribution is 4.94. The van der Waals surface area contributed by atoms with Crippen molar-refractivity contribution in [1.82, 2.24) is 19.7 Å². The molecule has 2 unspecified atom stereocenters. The van der Waals surface area contributed by atoms with Crippen LogP contribution in [0.1, 0.15) is 39.1 Å². The van der Waals surface area contributed by atoms with Crippen LogP contribution < -0.4 is 5.73 Å². The average molecular weight is 281 g/mol. The molecule has 2 atom stereocenters. The van der Waals surface area contributed by atoms with Crippen LogP contribution in [0.5, 0.6) is 0 Å². The molecule has 1 aliphatic rings. The second kappa shape index (κ2) is 7.15. The maximum Gasteiger partial charge on any atom is 0.138 e. The maximum atomic E-state index is 6.33. The van der Waals surface area contributed by atoms with Crippen molar-refractivity contribution in [2.75, 3.05) is 26.2 Å². The lowest BCUT2D eigenvalue weighted by molar-refractivity contribution is -0.0404. The number of morpholine rings is 1. The van der Waals surface area contributed by atoms with E-state index in [0.29, 0.717) is 12.5 Å². The molecule has 1 aliphatic heterocycles. The quantitative estimate of drug-likeness (QED) is 0.837. The summed E-state index contributed by atoms with van der Waals surface area (Å²) in [5, 5.41) is 4.26. The van der Waals surface area contributed by atoms with Crippen molar-refractivity contribution in [2.45, 2.75) is 51.8 Å². The van der Waals surface area contributed by atoms with Crippen molar-refractivity contribution in [1.29, 1.82) is 0 Å². The van der Waals surface area contributed by atoms with Gasteiger partial charge in [-0.05, 0) is 26.8 Å². The molecular weight excluding hydrogens is 254 g/mol. The van der Waals surface area contributed by atoms with E-state index < -0.39 is 0 Å². The molecule has 1 fully saturated rings. The first-order valence-electron chi connectivity index (χ1n) is 7.59. The molecule has 0 aliphatic carbocycles. The molecule has 1 saturated heterocycles. The molecule has 0 saturated carbocycles. The molecular formula is C14H27N5O. The molecule has 0 aromatic carbocycles. The van der Waals surface area contributed by atoms with Crippen LogP contribution in [0.15, 0.2) is 6.33 Å². The smallest absolute Gasteiger partial charge is 0.138 e. The van der Waals surface area contributed by atoms with Crippen LogP contribution >= 0.6 is 0 Å². The van der Waals surface area contributed by atoms with Crippen LogP contribution in [0.25, 0.3) is 0 Å². The molecule has 20 heavy (non-hydrogen) atoms. The van der Waals surface area contributed by atoms with Gasteiger partial charge in [0.25, 0.3) is 0 Å². The zero-order chi connectivity index (χ0) is 14.5. The van der Waals surface area contributed by atoms with Gasteiger partial charge in [-0.25, -0.2) is 9.67 Å². The maximum absolute atomic E-state index is 6.33. The summed E-state index contributed by atoms with van der Waals surface area (Å²) >= 11 is 0. The number of rotatable bonds is 6. The molecule has 1 aromatic heterocycles. The number of aromatic nitrogens is 3. The Labute approximate surface area is 121 Å². The van der Waals surface area contributed by atoms with Gasteiger partial charge < -0.3 is 10.5 Å². The number of nitrogens with two attached hydrogens (primary N) is 1. The standard InChI is InChI=1S/C14H27N5O/c1-4-5-18-6-7-20-13(9-18)12(15)8-14-16-10-17-19(14)11(2)3/h10-13H,4-9,15H2,1-3H3. The molecule has 2 heterocycles. The summed E-state index contributed by atoms with van der Waals surface area (Å²) in [6.07, 6.45) is 3.58. The molecule has 0 amide bonds. The zero-order valence-electron chi connectivity index (χ0n) is 12.8. The average Bonchev–Trinajstić information content (AvgIpc) is 2.88. The molecule has 114 valence electrons. The van der Waals surface area contributed by atoms with E-state index in [4.69, 9.17) is 10.5 Å². The van der Waals surface area contributed by atoms with Gasteiger partial charge in [0.05, 0.1) is 12.7 Å². The van der Waals surface area contributed by atoms with Crippen molar-refractivity contribution in [2.24, 2.45) is 5.73 Å². The number of hydrogen-bond donors (Lipinski definition) is 1. The van der Waals surface area contributed by atoms with Gasteiger partial charge in [-0.3, -0.25) is 4.90 Å². The molecule has 6 nitrogen and oxygen atoms in total. The number of nitrogens with zero attached hydrogens (tertiary/aromatic N) is 4. The Balaban J connectivity index is 1.93. The third-order valence-corrected chi connectivity index (χ3v) is 3.75. The lowest BCUT2D eigenvalue weighted by Crippen LogP contribution is -2.51. The Morgan fingerprint density at radius 3 is 3.00 bits per heavy atom. The summed E-state index contributed by atoms with van der Waals surface area (Å²) in [5.74, 6) is 0.948. The Hall–Kier alpha value is -0.980. The third kappa shape index (κ3) is 3.77. The fraction of sp³-hybridized carbons (Fsp3) is 0.857. The predicted molar refractivity (Wildman–Crippen MR) is 78.6 cm³/mol. The fourth-order valence-corrected chi connectivity index (χ4v) is 2.70. The van der Waals surface area contributed by atoms with E-state index in [2.05, 4.69) is 35.8 Å². The monoisotopic (exact) mass is 281 g/mol. The first-order valence-corrected chi connectivity index (χ1v) is 7.59. The van der Waals surface area contributed by atoms with E-state index in [0.717, 1.165) is 32.1 Å². The number of ether oxygens (including phenoxy) is 1. The molecule has 0 radical (unpaired) electrons. The summed E-state index contributed by atoms with van der Waals surface area (Å²) < 4.78 is 7.78. The van der Waals surface area contributed by atoms with E-state index in [1.807, 2.05) is 4.68 Å². The predicted octanol–water partition coefficient (Wildman–Crippen LogP) is 0.840. The van der Waals surface area contributed by atoms with E-state index in [9.17, 15) is 0 Å². The summed E-state index contributed by atoms with van der Waals surface area (Å²) in [4.78, 5) is 6.76. The summed E-state index contributed by atoms with van der Waals surface area (Å²) in [6.45, 7) is 10.2. The van der Waals surface area contributed by atoms with Gasteiger partial charge in [0.1, 0.15) is 12.2 Å². The molecule has 6 heteroatoms. The molecule has 0 spiro atoms. The van der Waals surface area contributed by atoms with E-state index >= 15 is 0 Å². The van der Waals surface area contributed by atoms with Crippen molar-refractivity contribution in [3.05, 3.63) is 12.2 Å². The lowest BCUT2D eigenvalue weighted by Gasteiger charge is -2.35. The first-order chi connectivity index (χ1) is 9.61. The SMILES string of the molecule is CCCN1CCOC(C(N)Cc2ncnn2C(C)C)C1. The topological polar surface area (TPSA) is 69.2 Å². The Morgan fingerprint density at radius 1 is 1.50 bits per heavy atom. The number of hydrogen-bond acceptors (Lipinski definition) is 5. The fourth-order valence-electron chi connectivity index (χ4n) is 2.70. The minimum absolute atomic E-state index is 0.0312. The Bertz CT molecular complexity index is 404. The normalized spacial score (nSPS) is 22.4. The highest BCUT2D eigenvalue weighted by Gasteiger charge is 2.26. The largest absolute Gasteiger partial charge is 0.374 e. The summed E-state index contributed by atoms with van der Waals surface area (Å²) in [5.41, 5.74) is 6.33. The van der Waals surface area contributed by atoms with Gasteiger partial charge >= 0.3 is 0 Å². The van der Waals surface area contributed by atoms with Crippen LogP contribution in [0.2, 0.25) is 0 Å². The van der Waals surface area contributed by atoms with Crippen LogP contribution in [0.4, 0.5) is 0 Å². The van der Waals surface area contributed by atoms with Crippen LogP contribution in [0, 0.1) is 0 Å². The van der Waals surface area contributed by atoms with Crippen molar-refractivity contribution < 1.29 is 4.74 Å². The van der Waals surface area contributed by atoms with Gasteiger partial charge in [0.15, 0.2) is 0 Å². The second-order valence-electron chi connectivity index (χ2n) is 5.79. The lowest BCUT2D eigenvalue weighted by atomic mass is 10.1. The Morgan fingerprint density at radius 2 is 2.30 bits per heavy atom. The minimum Gasteiger partial charge on any atom is -0.374 e. The van der Waals surface area contributed by atoms with Crippen molar-refractivity contribution in [3.8, 4) is 0 Å². The van der Waals surface area contributed by atoms with Gasteiger partial charge in [-0.1, -0.05) is 6.92 Å². The summed E-state index contributed by atoms with van der Waals surface area (Å²) in [7, 11) is 0. The molecule has 2 N–H and O–H groups in total. The summed E-state index contributed by atoms with van der Waals surface area (Å²) in [6, 6.07) is 0.278. The van der Waals surface area contributed by atoms with E-state index in [1.54, 1.807) is 6.33 Å². The molecule has 2 rings (SSSR count). The minimum atomic E-state index is -0.0312. The third-order valence-electron chi connectivity index (χ3n) is 3.75. The van der Waals surface area contributed by atoms with Gasteiger partial charge in [0, 0.05) is 31.6 Å². The van der Waals surface area contributed by atoms with Crippen molar-refractivity contribution in [3.63, 3.8) is 0 Å². The zero-order valence-corrected chi connectivity index (χ0v) is 12.8. The van der Waals surface area contributed by atoms with E-state index in [1.165, 1.54) is 6.42 Å². The first kappa shape index (κ1) is 15.4. The van der Waals surface area contributed by atoms with E-state index in [-0.39, 0.29) is 12.1 Å². The second-order valence-corrected chi connectivity index (χ2v) is 5.79. The van der Waals surface area contributed by atoms with Crippen LogP contribution in [-0.4, -0.2) is 58.1 Å². The van der Waals surface area contributed by atoms with Crippen LogP contribution in [-0.2, 0) is 11.2 Å². The molecule has 0 bridgehead atoms. The van der Waals surface area contributed by atoms with Gasteiger partial charge in [-0.15, -0.1) is 0 Å².